The highest BCUT2D eigenvalue weighted by Crippen LogP contribution is 2.37. The Kier molecular flexibility index (Phi) is 8.59. The SMILES string of the molecule is C=CCOc1c(Br)cc(/C=C(/C#N)C(=O)Nc2cccc(Cl)c2Cl)cc1OCC. The molecular formula is C21H17BrCl2N2O3. The van der Waals surface area contributed by atoms with Crippen molar-refractivity contribution in [3.05, 3.63) is 68.6 Å². The second kappa shape index (κ2) is 10.9. The minimum atomic E-state index is -0.613. The summed E-state index contributed by atoms with van der Waals surface area (Å²) in [5.74, 6) is 0.376. The maximum absolute atomic E-state index is 12.5. The van der Waals surface area contributed by atoms with E-state index in [0.717, 1.165) is 0 Å². The van der Waals surface area contributed by atoms with Crippen LogP contribution in [-0.4, -0.2) is 19.1 Å². The number of nitrogens with one attached hydrogen (secondary N) is 1. The van der Waals surface area contributed by atoms with Crippen LogP contribution in [0.3, 0.4) is 0 Å². The summed E-state index contributed by atoms with van der Waals surface area (Å²) in [6.07, 6.45) is 3.06. The molecule has 0 aliphatic heterocycles. The van der Waals surface area contributed by atoms with Gasteiger partial charge in [0.15, 0.2) is 11.5 Å². The third-order valence-electron chi connectivity index (χ3n) is 3.55. The summed E-state index contributed by atoms with van der Waals surface area (Å²) in [6.45, 7) is 6.19. The van der Waals surface area contributed by atoms with E-state index in [4.69, 9.17) is 32.7 Å². The number of hydrogen-bond donors (Lipinski definition) is 1. The molecule has 150 valence electrons. The molecule has 29 heavy (non-hydrogen) atoms. The van der Waals surface area contributed by atoms with E-state index in [2.05, 4.69) is 27.8 Å². The average molecular weight is 496 g/mol. The molecule has 0 saturated heterocycles. The van der Waals surface area contributed by atoms with E-state index in [1.54, 1.807) is 36.4 Å². The highest BCUT2D eigenvalue weighted by Gasteiger charge is 2.15. The lowest BCUT2D eigenvalue weighted by atomic mass is 10.1. The number of halogens is 3. The van der Waals surface area contributed by atoms with E-state index < -0.39 is 5.91 Å². The van der Waals surface area contributed by atoms with Gasteiger partial charge in [-0.25, -0.2) is 0 Å². The van der Waals surface area contributed by atoms with E-state index in [0.29, 0.717) is 45.5 Å². The van der Waals surface area contributed by atoms with Crippen molar-refractivity contribution in [3.8, 4) is 17.6 Å². The monoisotopic (exact) mass is 494 g/mol. The van der Waals surface area contributed by atoms with E-state index in [1.807, 2.05) is 13.0 Å². The van der Waals surface area contributed by atoms with E-state index in [-0.39, 0.29) is 10.6 Å². The van der Waals surface area contributed by atoms with E-state index in [1.165, 1.54) is 6.08 Å². The quantitative estimate of drug-likeness (QED) is 0.266. The minimum absolute atomic E-state index is 0.116. The maximum Gasteiger partial charge on any atom is 0.266 e. The van der Waals surface area contributed by atoms with Crippen LogP contribution in [0.25, 0.3) is 6.08 Å². The summed E-state index contributed by atoms with van der Waals surface area (Å²) in [6, 6.07) is 10.1. The summed E-state index contributed by atoms with van der Waals surface area (Å²) >= 11 is 15.5. The lowest BCUT2D eigenvalue weighted by Crippen LogP contribution is -2.13. The van der Waals surface area contributed by atoms with Crippen molar-refractivity contribution < 1.29 is 14.3 Å². The number of nitrogens with zero attached hydrogens (tertiary/aromatic N) is 1. The van der Waals surface area contributed by atoms with Gasteiger partial charge in [0, 0.05) is 0 Å². The van der Waals surface area contributed by atoms with Crippen molar-refractivity contribution >= 4 is 56.8 Å². The number of amides is 1. The van der Waals surface area contributed by atoms with Crippen LogP contribution in [0.5, 0.6) is 11.5 Å². The lowest BCUT2D eigenvalue weighted by molar-refractivity contribution is -0.112. The van der Waals surface area contributed by atoms with E-state index >= 15 is 0 Å². The van der Waals surface area contributed by atoms with Gasteiger partial charge in [0.25, 0.3) is 5.91 Å². The molecule has 2 aromatic carbocycles. The summed E-state index contributed by atoms with van der Waals surface area (Å²) < 4.78 is 11.9. The zero-order valence-corrected chi connectivity index (χ0v) is 18.6. The van der Waals surface area contributed by atoms with Crippen molar-refractivity contribution in [2.24, 2.45) is 0 Å². The van der Waals surface area contributed by atoms with Gasteiger partial charge in [0.1, 0.15) is 18.2 Å². The molecule has 1 N–H and O–H groups in total. The Bertz CT molecular complexity index is 1000. The summed E-state index contributed by atoms with van der Waals surface area (Å²) in [4.78, 5) is 12.5. The van der Waals surface area contributed by atoms with Crippen LogP contribution >= 0.6 is 39.1 Å². The third kappa shape index (κ3) is 6.01. The molecule has 0 heterocycles. The van der Waals surface area contributed by atoms with Gasteiger partial charge >= 0.3 is 0 Å². The lowest BCUT2D eigenvalue weighted by Gasteiger charge is -2.14. The van der Waals surface area contributed by atoms with Crippen LogP contribution in [0.2, 0.25) is 10.0 Å². The van der Waals surface area contributed by atoms with Crippen LogP contribution in [0.1, 0.15) is 12.5 Å². The molecule has 0 aliphatic carbocycles. The fraction of sp³-hybridized carbons (Fsp3) is 0.143. The number of rotatable bonds is 8. The van der Waals surface area contributed by atoms with Crippen molar-refractivity contribution in [2.75, 3.05) is 18.5 Å². The molecule has 0 aliphatic rings. The molecule has 5 nitrogen and oxygen atoms in total. The average Bonchev–Trinajstić information content (AvgIpc) is 2.69. The van der Waals surface area contributed by atoms with E-state index in [9.17, 15) is 10.1 Å². The number of hydrogen-bond acceptors (Lipinski definition) is 4. The molecule has 0 radical (unpaired) electrons. The van der Waals surface area contributed by atoms with Crippen molar-refractivity contribution in [2.45, 2.75) is 6.92 Å². The molecule has 8 heteroatoms. The highest BCUT2D eigenvalue weighted by molar-refractivity contribution is 9.10. The number of carbonyl (C=O) groups excluding carboxylic acids is 1. The standard InChI is InChI=1S/C21H17BrCl2N2O3/c1-3-8-29-20-15(22)10-13(11-18(20)28-4-2)9-14(12-25)21(27)26-17-7-5-6-16(23)19(17)24/h3,5-7,9-11H,1,4,8H2,2H3,(H,26,27)/b14-9-. The summed E-state index contributed by atoms with van der Waals surface area (Å²) in [7, 11) is 0. The Morgan fingerprint density at radius 2 is 2.10 bits per heavy atom. The zero-order valence-electron chi connectivity index (χ0n) is 15.5. The van der Waals surface area contributed by atoms with Gasteiger partial charge in [-0.3, -0.25) is 4.79 Å². The van der Waals surface area contributed by atoms with Crippen LogP contribution in [0, 0.1) is 11.3 Å². The summed E-state index contributed by atoms with van der Waals surface area (Å²) in [5.41, 5.74) is 0.778. The fourth-order valence-corrected chi connectivity index (χ4v) is 3.24. The highest BCUT2D eigenvalue weighted by atomic mass is 79.9. The topological polar surface area (TPSA) is 71.3 Å². The predicted octanol–water partition coefficient (Wildman–Crippen LogP) is 6.27. The second-order valence-corrected chi connectivity index (χ2v) is 7.23. The van der Waals surface area contributed by atoms with Gasteiger partial charge in [-0.15, -0.1) is 0 Å². The van der Waals surface area contributed by atoms with Gasteiger partial charge in [-0.2, -0.15) is 5.26 Å². The van der Waals surface area contributed by atoms with Gasteiger partial charge in [0.2, 0.25) is 0 Å². The van der Waals surface area contributed by atoms with Gasteiger partial charge in [0.05, 0.1) is 26.8 Å². The van der Waals surface area contributed by atoms with Gasteiger partial charge < -0.3 is 14.8 Å². The van der Waals surface area contributed by atoms with Crippen LogP contribution in [0.15, 0.2) is 53.0 Å². The second-order valence-electron chi connectivity index (χ2n) is 5.59. The smallest absolute Gasteiger partial charge is 0.266 e. The van der Waals surface area contributed by atoms with Crippen molar-refractivity contribution in [3.63, 3.8) is 0 Å². The molecule has 1 amide bonds. The first-order chi connectivity index (χ1) is 13.9. The number of anilines is 1. The van der Waals surface area contributed by atoms with Crippen LogP contribution in [0.4, 0.5) is 5.69 Å². The van der Waals surface area contributed by atoms with Gasteiger partial charge in [-0.1, -0.05) is 41.9 Å². The summed E-state index contributed by atoms with van der Waals surface area (Å²) in [5, 5.41) is 12.5. The Balaban J connectivity index is 2.36. The molecule has 0 unspecified atom stereocenters. The molecule has 0 spiro atoms. The predicted molar refractivity (Wildman–Crippen MR) is 120 cm³/mol. The molecular weight excluding hydrogens is 479 g/mol. The molecule has 0 bridgehead atoms. The first-order valence-corrected chi connectivity index (χ1v) is 10.0. The number of nitriles is 1. The number of benzene rings is 2. The Morgan fingerprint density at radius 3 is 2.76 bits per heavy atom. The minimum Gasteiger partial charge on any atom is -0.490 e. The van der Waals surface area contributed by atoms with Gasteiger partial charge in [-0.05, 0) is 58.8 Å². The Labute approximate surface area is 187 Å². The molecule has 0 fully saturated rings. The molecule has 2 rings (SSSR count). The first-order valence-electron chi connectivity index (χ1n) is 8.48. The molecule has 0 aromatic heterocycles. The normalized spacial score (nSPS) is 10.8. The first kappa shape index (κ1) is 22.8. The fourth-order valence-electron chi connectivity index (χ4n) is 2.32. The van der Waals surface area contributed by atoms with Crippen molar-refractivity contribution in [1.29, 1.82) is 5.26 Å². The maximum atomic E-state index is 12.5. The van der Waals surface area contributed by atoms with Crippen LogP contribution in [-0.2, 0) is 4.79 Å². The number of ether oxygens (including phenoxy) is 2. The van der Waals surface area contributed by atoms with Crippen molar-refractivity contribution in [1.82, 2.24) is 0 Å². The molecule has 2 aromatic rings. The van der Waals surface area contributed by atoms with Crippen LogP contribution < -0.4 is 14.8 Å². The zero-order chi connectivity index (χ0) is 21.4. The largest absolute Gasteiger partial charge is 0.490 e. The molecule has 0 saturated carbocycles. The number of carbonyl (C=O) groups is 1. The molecule has 0 atom stereocenters. The Morgan fingerprint density at radius 1 is 1.34 bits per heavy atom. The third-order valence-corrected chi connectivity index (χ3v) is 4.96. The Hall–Kier alpha value is -2.46.